The molecule has 2 amide bonds. The van der Waals surface area contributed by atoms with Crippen LogP contribution in [0.5, 0.6) is 0 Å². The number of nitrogens with zero attached hydrogens (tertiary/aromatic N) is 3. The number of rotatable bonds is 4. The van der Waals surface area contributed by atoms with Crippen LogP contribution in [0.1, 0.15) is 0 Å². The summed E-state index contributed by atoms with van der Waals surface area (Å²) in [5, 5.41) is 8.93. The first-order valence-electron chi connectivity index (χ1n) is 9.13. The molecule has 2 saturated heterocycles. The molecule has 0 radical (unpaired) electrons. The fourth-order valence-corrected chi connectivity index (χ4v) is 5.48. The highest BCUT2D eigenvalue weighted by Crippen LogP contribution is 2.31. The van der Waals surface area contributed by atoms with Crippen molar-refractivity contribution in [3.63, 3.8) is 0 Å². The van der Waals surface area contributed by atoms with Crippen LogP contribution in [-0.2, 0) is 4.74 Å². The van der Waals surface area contributed by atoms with E-state index in [1.54, 1.807) is 12.1 Å². The van der Waals surface area contributed by atoms with Gasteiger partial charge in [-0.05, 0) is 30.3 Å². The number of halogens is 1. The molecule has 0 saturated carbocycles. The smallest absolute Gasteiger partial charge is 0.414 e. The van der Waals surface area contributed by atoms with E-state index >= 15 is 0 Å². The van der Waals surface area contributed by atoms with Crippen molar-refractivity contribution in [1.82, 2.24) is 4.90 Å². The summed E-state index contributed by atoms with van der Waals surface area (Å²) in [6.07, 6.45) is -2.25. The SMILES string of the molecule is CN(CC1CN(c2ccc(N3CC[Si](C)(C)CC3)c(F)c2)C(=O)O1)C(=O)O. The number of carbonyl (C=O) groups is 2. The zero-order valence-corrected chi connectivity index (χ0v) is 16.9. The molecular formula is C18H26FN3O4Si. The van der Waals surface area contributed by atoms with Gasteiger partial charge in [-0.15, -0.1) is 0 Å². The number of likely N-dealkylation sites (N-methyl/N-ethyl adjacent to an activating group) is 1. The van der Waals surface area contributed by atoms with Crippen LogP contribution in [0, 0.1) is 5.82 Å². The Balaban J connectivity index is 1.68. The summed E-state index contributed by atoms with van der Waals surface area (Å²) in [6, 6.07) is 7.09. The maximum absolute atomic E-state index is 14.7. The van der Waals surface area contributed by atoms with Gasteiger partial charge >= 0.3 is 12.2 Å². The van der Waals surface area contributed by atoms with Gasteiger partial charge in [-0.1, -0.05) is 13.1 Å². The lowest BCUT2D eigenvalue weighted by atomic mass is 10.2. The van der Waals surface area contributed by atoms with Crippen LogP contribution in [-0.4, -0.2) is 69.6 Å². The molecule has 148 valence electrons. The third-order valence-corrected chi connectivity index (χ3v) is 8.53. The van der Waals surface area contributed by atoms with E-state index in [1.165, 1.54) is 18.0 Å². The fraction of sp³-hybridized carbons (Fsp3) is 0.556. The zero-order chi connectivity index (χ0) is 19.8. The molecule has 0 aromatic heterocycles. The van der Waals surface area contributed by atoms with E-state index < -0.39 is 26.4 Å². The van der Waals surface area contributed by atoms with Crippen molar-refractivity contribution in [3.05, 3.63) is 24.0 Å². The Hall–Kier alpha value is -2.29. The fourth-order valence-electron chi connectivity index (χ4n) is 3.48. The van der Waals surface area contributed by atoms with E-state index in [9.17, 15) is 14.0 Å². The summed E-state index contributed by atoms with van der Waals surface area (Å²) in [7, 11) is 0.280. The van der Waals surface area contributed by atoms with Gasteiger partial charge in [0.15, 0.2) is 0 Å². The number of benzene rings is 1. The van der Waals surface area contributed by atoms with E-state index in [0.717, 1.165) is 30.1 Å². The van der Waals surface area contributed by atoms with Crippen LogP contribution >= 0.6 is 0 Å². The van der Waals surface area contributed by atoms with Crippen molar-refractivity contribution in [1.29, 1.82) is 0 Å². The van der Waals surface area contributed by atoms with Gasteiger partial charge < -0.3 is 19.6 Å². The molecule has 0 spiro atoms. The molecule has 1 atom stereocenters. The number of hydrogen-bond acceptors (Lipinski definition) is 4. The van der Waals surface area contributed by atoms with Crippen LogP contribution in [0.4, 0.5) is 25.4 Å². The molecular weight excluding hydrogens is 369 g/mol. The number of hydrogen-bond donors (Lipinski definition) is 1. The molecule has 1 aromatic rings. The van der Waals surface area contributed by atoms with Crippen LogP contribution < -0.4 is 9.80 Å². The number of ether oxygens (including phenoxy) is 1. The molecule has 3 rings (SSSR count). The van der Waals surface area contributed by atoms with Crippen molar-refractivity contribution in [2.45, 2.75) is 31.3 Å². The highest BCUT2D eigenvalue weighted by atomic mass is 28.3. The number of cyclic esters (lactones) is 1. The molecule has 0 aliphatic carbocycles. The molecule has 9 heteroatoms. The Kier molecular flexibility index (Phi) is 5.32. The van der Waals surface area contributed by atoms with Crippen LogP contribution in [0.3, 0.4) is 0 Å². The normalized spacial score (nSPS) is 21.9. The Morgan fingerprint density at radius 1 is 1.37 bits per heavy atom. The first-order valence-corrected chi connectivity index (χ1v) is 12.5. The highest BCUT2D eigenvalue weighted by molar-refractivity contribution is 6.77. The third-order valence-electron chi connectivity index (χ3n) is 5.38. The maximum Gasteiger partial charge on any atom is 0.414 e. The number of carboxylic acid groups (broad SMARTS) is 1. The van der Waals surface area contributed by atoms with E-state index in [1.807, 2.05) is 0 Å². The van der Waals surface area contributed by atoms with E-state index in [-0.39, 0.29) is 18.9 Å². The topological polar surface area (TPSA) is 73.3 Å². The lowest BCUT2D eigenvalue weighted by molar-refractivity contribution is 0.106. The second-order valence-corrected chi connectivity index (χ2v) is 13.4. The van der Waals surface area contributed by atoms with Gasteiger partial charge in [-0.25, -0.2) is 14.0 Å². The number of anilines is 2. The molecule has 1 N–H and O–H groups in total. The molecule has 27 heavy (non-hydrogen) atoms. The van der Waals surface area contributed by atoms with E-state index in [4.69, 9.17) is 9.84 Å². The lowest BCUT2D eigenvalue weighted by Gasteiger charge is -2.37. The van der Waals surface area contributed by atoms with Gasteiger partial charge in [0.25, 0.3) is 0 Å². The molecule has 2 fully saturated rings. The standard InChI is InChI=1S/C18H26FN3O4Si/c1-20(17(23)24)11-14-12-22(18(25)26-14)13-4-5-16(15(19)10-13)21-6-8-27(2,3)9-7-21/h4-5,10,14H,6-9,11-12H2,1-3H3,(H,23,24). The quantitative estimate of drug-likeness (QED) is 0.792. The molecule has 1 unspecified atom stereocenters. The first-order chi connectivity index (χ1) is 12.7. The monoisotopic (exact) mass is 395 g/mol. The summed E-state index contributed by atoms with van der Waals surface area (Å²) in [6.45, 7) is 6.72. The highest BCUT2D eigenvalue weighted by Gasteiger charge is 2.34. The molecule has 2 aliphatic rings. The van der Waals surface area contributed by atoms with Crippen molar-refractivity contribution in [2.75, 3.05) is 43.0 Å². The summed E-state index contributed by atoms with van der Waals surface area (Å²) < 4.78 is 19.9. The summed E-state index contributed by atoms with van der Waals surface area (Å²) in [5.41, 5.74) is 0.992. The Morgan fingerprint density at radius 2 is 2.04 bits per heavy atom. The van der Waals surface area contributed by atoms with Gasteiger partial charge in [0.05, 0.1) is 32.5 Å². The molecule has 0 bridgehead atoms. The minimum Gasteiger partial charge on any atom is -0.465 e. The largest absolute Gasteiger partial charge is 0.465 e. The van der Waals surface area contributed by atoms with Gasteiger partial charge in [0.1, 0.15) is 11.9 Å². The van der Waals surface area contributed by atoms with Gasteiger partial charge in [0.2, 0.25) is 0 Å². The zero-order valence-electron chi connectivity index (χ0n) is 15.9. The minimum atomic E-state index is -1.13. The molecule has 1 aromatic carbocycles. The average molecular weight is 396 g/mol. The molecule has 7 nitrogen and oxygen atoms in total. The van der Waals surface area contributed by atoms with Crippen molar-refractivity contribution < 1.29 is 23.8 Å². The maximum atomic E-state index is 14.7. The van der Waals surface area contributed by atoms with E-state index in [2.05, 4.69) is 18.0 Å². The summed E-state index contributed by atoms with van der Waals surface area (Å²) in [5.74, 6) is -0.354. The van der Waals surface area contributed by atoms with E-state index in [0.29, 0.717) is 11.4 Å². The van der Waals surface area contributed by atoms with Crippen molar-refractivity contribution >= 4 is 31.6 Å². The minimum absolute atomic E-state index is 0.0750. The lowest BCUT2D eigenvalue weighted by Crippen LogP contribution is -2.43. The van der Waals surface area contributed by atoms with Gasteiger partial charge in [-0.3, -0.25) is 4.90 Å². The first kappa shape index (κ1) is 19.5. The Morgan fingerprint density at radius 3 is 2.63 bits per heavy atom. The third kappa shape index (κ3) is 4.34. The molecule has 2 aliphatic heterocycles. The predicted octanol–water partition coefficient (Wildman–Crippen LogP) is 3.29. The van der Waals surface area contributed by atoms with Crippen molar-refractivity contribution in [2.24, 2.45) is 0 Å². The van der Waals surface area contributed by atoms with Crippen LogP contribution in [0.25, 0.3) is 0 Å². The van der Waals surface area contributed by atoms with Crippen molar-refractivity contribution in [3.8, 4) is 0 Å². The second kappa shape index (κ2) is 7.38. The Bertz CT molecular complexity index is 735. The van der Waals surface area contributed by atoms with Crippen LogP contribution in [0.15, 0.2) is 18.2 Å². The predicted molar refractivity (Wildman–Crippen MR) is 104 cm³/mol. The summed E-state index contributed by atoms with van der Waals surface area (Å²) >= 11 is 0. The second-order valence-electron chi connectivity index (χ2n) is 8.07. The van der Waals surface area contributed by atoms with Gasteiger partial charge in [0, 0.05) is 20.1 Å². The number of amides is 2. The summed E-state index contributed by atoms with van der Waals surface area (Å²) in [4.78, 5) is 27.5. The molecule has 2 heterocycles. The van der Waals surface area contributed by atoms with Gasteiger partial charge in [-0.2, -0.15) is 0 Å². The van der Waals surface area contributed by atoms with Crippen LogP contribution in [0.2, 0.25) is 25.2 Å². The average Bonchev–Trinajstić information content (AvgIpc) is 2.95. The Labute approximate surface area is 159 Å². The number of carbonyl (C=O) groups excluding carboxylic acids is 1.